The zero-order chi connectivity index (χ0) is 12.2. The van der Waals surface area contributed by atoms with Crippen LogP contribution in [-0.4, -0.2) is 12.0 Å². The molecule has 0 aromatic rings. The fraction of sp³-hybridized carbons (Fsp3) is 1.00. The van der Waals surface area contributed by atoms with Crippen LogP contribution in [0.5, 0.6) is 0 Å². The third-order valence-corrected chi connectivity index (χ3v) is 3.69. The summed E-state index contributed by atoms with van der Waals surface area (Å²) in [6.07, 6.45) is 4.60. The van der Waals surface area contributed by atoms with E-state index in [9.17, 15) is 8.78 Å². The maximum absolute atomic E-state index is 13.0. The Bertz CT molecular complexity index is 194. The predicted molar refractivity (Wildman–Crippen MR) is 63.6 cm³/mol. The van der Waals surface area contributed by atoms with Crippen LogP contribution in [0.25, 0.3) is 0 Å². The van der Waals surface area contributed by atoms with E-state index in [0.29, 0.717) is 24.7 Å². The highest BCUT2D eigenvalue weighted by Gasteiger charge is 2.36. The second kappa shape index (κ2) is 5.95. The van der Waals surface area contributed by atoms with Crippen LogP contribution in [0.1, 0.15) is 58.8 Å². The molecule has 3 heteroatoms. The monoisotopic (exact) mass is 233 g/mol. The molecule has 1 nitrogen and oxygen atoms in total. The fourth-order valence-electron chi connectivity index (χ4n) is 2.49. The lowest BCUT2D eigenvalue weighted by Crippen LogP contribution is -2.36. The van der Waals surface area contributed by atoms with E-state index in [1.807, 2.05) is 0 Å². The summed E-state index contributed by atoms with van der Waals surface area (Å²) >= 11 is 0. The van der Waals surface area contributed by atoms with Crippen LogP contribution >= 0.6 is 0 Å². The highest BCUT2D eigenvalue weighted by Crippen LogP contribution is 2.37. The third kappa shape index (κ3) is 4.77. The Morgan fingerprint density at radius 3 is 2.25 bits per heavy atom. The predicted octanol–water partition coefficient (Wildman–Crippen LogP) is 3.97. The Hall–Kier alpha value is -0.180. The molecule has 1 unspecified atom stereocenters. The Morgan fingerprint density at radius 1 is 1.19 bits per heavy atom. The van der Waals surface area contributed by atoms with Crippen molar-refractivity contribution >= 4 is 0 Å². The van der Waals surface area contributed by atoms with Gasteiger partial charge in [-0.15, -0.1) is 0 Å². The van der Waals surface area contributed by atoms with Gasteiger partial charge in [-0.1, -0.05) is 26.7 Å². The maximum Gasteiger partial charge on any atom is 0.248 e. The number of rotatable bonds is 5. The lowest BCUT2D eigenvalue weighted by molar-refractivity contribution is -0.0485. The molecule has 1 rings (SSSR count). The molecule has 0 aliphatic heterocycles. The van der Waals surface area contributed by atoms with Gasteiger partial charge in [0.15, 0.2) is 0 Å². The molecule has 1 saturated carbocycles. The van der Waals surface area contributed by atoms with Crippen molar-refractivity contribution in [1.82, 2.24) is 0 Å². The molecule has 0 radical (unpaired) electrons. The molecule has 16 heavy (non-hydrogen) atoms. The van der Waals surface area contributed by atoms with Crippen LogP contribution in [-0.2, 0) is 0 Å². The summed E-state index contributed by atoms with van der Waals surface area (Å²) in [5.41, 5.74) is 6.08. The minimum atomic E-state index is -2.42. The van der Waals surface area contributed by atoms with Gasteiger partial charge >= 0.3 is 0 Å². The van der Waals surface area contributed by atoms with E-state index < -0.39 is 5.92 Å². The first-order valence-corrected chi connectivity index (χ1v) is 6.54. The van der Waals surface area contributed by atoms with Crippen molar-refractivity contribution in [2.75, 3.05) is 0 Å². The first kappa shape index (κ1) is 13.9. The van der Waals surface area contributed by atoms with Crippen LogP contribution < -0.4 is 5.73 Å². The zero-order valence-corrected chi connectivity index (χ0v) is 10.5. The second-order valence-electron chi connectivity index (χ2n) is 5.68. The van der Waals surface area contributed by atoms with Crippen molar-refractivity contribution in [1.29, 1.82) is 0 Å². The standard InChI is InChI=1S/C13H25F2N/c1-10(2)4-3-5-12(16)11-6-8-13(14,15)9-7-11/h10-12H,3-9,16H2,1-2H3. The number of halogens is 2. The normalized spacial score (nSPS) is 23.6. The highest BCUT2D eigenvalue weighted by atomic mass is 19.3. The van der Waals surface area contributed by atoms with E-state index in [0.717, 1.165) is 12.8 Å². The first-order valence-electron chi connectivity index (χ1n) is 6.54. The highest BCUT2D eigenvalue weighted by molar-refractivity contribution is 4.83. The molecular formula is C13H25F2N. The molecule has 0 aromatic carbocycles. The van der Waals surface area contributed by atoms with Crippen molar-refractivity contribution in [2.45, 2.75) is 70.8 Å². The van der Waals surface area contributed by atoms with E-state index in [2.05, 4.69) is 13.8 Å². The Labute approximate surface area is 97.8 Å². The van der Waals surface area contributed by atoms with E-state index >= 15 is 0 Å². The average molecular weight is 233 g/mol. The number of nitrogens with two attached hydrogens (primary N) is 1. The molecule has 1 aliphatic rings. The van der Waals surface area contributed by atoms with Gasteiger partial charge in [-0.25, -0.2) is 8.78 Å². The topological polar surface area (TPSA) is 26.0 Å². The molecule has 1 atom stereocenters. The van der Waals surface area contributed by atoms with Crippen molar-refractivity contribution < 1.29 is 8.78 Å². The molecule has 0 spiro atoms. The van der Waals surface area contributed by atoms with Crippen molar-refractivity contribution in [3.63, 3.8) is 0 Å². The second-order valence-corrected chi connectivity index (χ2v) is 5.68. The molecule has 1 fully saturated rings. The molecular weight excluding hydrogens is 208 g/mol. The molecule has 2 N–H and O–H groups in total. The minimum Gasteiger partial charge on any atom is -0.327 e. The molecule has 0 aromatic heterocycles. The van der Waals surface area contributed by atoms with Crippen molar-refractivity contribution in [2.24, 2.45) is 17.6 Å². The summed E-state index contributed by atoms with van der Waals surface area (Å²) in [6.45, 7) is 4.40. The smallest absolute Gasteiger partial charge is 0.248 e. The summed E-state index contributed by atoms with van der Waals surface area (Å²) in [5.74, 6) is -1.39. The van der Waals surface area contributed by atoms with Gasteiger partial charge in [0.05, 0.1) is 0 Å². The van der Waals surface area contributed by atoms with Gasteiger partial charge in [-0.2, -0.15) is 0 Å². The lowest BCUT2D eigenvalue weighted by atomic mass is 9.80. The molecule has 0 amide bonds. The first-order chi connectivity index (χ1) is 7.41. The fourth-order valence-corrected chi connectivity index (χ4v) is 2.49. The van der Waals surface area contributed by atoms with Gasteiger partial charge in [-0.05, 0) is 31.1 Å². The molecule has 1 aliphatic carbocycles. The molecule has 96 valence electrons. The van der Waals surface area contributed by atoms with Gasteiger partial charge in [0.2, 0.25) is 5.92 Å². The molecule has 0 bridgehead atoms. The number of hydrogen-bond donors (Lipinski definition) is 1. The largest absolute Gasteiger partial charge is 0.327 e. The van der Waals surface area contributed by atoms with Crippen molar-refractivity contribution in [3.05, 3.63) is 0 Å². The summed E-state index contributed by atoms with van der Waals surface area (Å²) in [4.78, 5) is 0. The molecule has 0 saturated heterocycles. The van der Waals surface area contributed by atoms with Crippen LogP contribution in [0.3, 0.4) is 0 Å². The van der Waals surface area contributed by atoms with Crippen LogP contribution in [0, 0.1) is 11.8 Å². The Kier molecular flexibility index (Phi) is 5.16. The number of alkyl halides is 2. The summed E-state index contributed by atoms with van der Waals surface area (Å²) in [6, 6.07) is 0.134. The van der Waals surface area contributed by atoms with Gasteiger partial charge in [-0.3, -0.25) is 0 Å². The summed E-state index contributed by atoms with van der Waals surface area (Å²) in [7, 11) is 0. The molecule has 0 heterocycles. The van der Waals surface area contributed by atoms with Crippen LogP contribution in [0.2, 0.25) is 0 Å². The van der Waals surface area contributed by atoms with E-state index in [1.165, 1.54) is 6.42 Å². The van der Waals surface area contributed by atoms with Gasteiger partial charge in [0.1, 0.15) is 0 Å². The summed E-state index contributed by atoms with van der Waals surface area (Å²) < 4.78 is 25.9. The van der Waals surface area contributed by atoms with Crippen LogP contribution in [0.15, 0.2) is 0 Å². The minimum absolute atomic E-state index is 0.0372. The lowest BCUT2D eigenvalue weighted by Gasteiger charge is -2.32. The SMILES string of the molecule is CC(C)CCCC(N)C1CCC(F)(F)CC1. The van der Waals surface area contributed by atoms with Crippen molar-refractivity contribution in [3.8, 4) is 0 Å². The van der Waals surface area contributed by atoms with Gasteiger partial charge in [0, 0.05) is 18.9 Å². The van der Waals surface area contributed by atoms with E-state index in [4.69, 9.17) is 5.73 Å². The average Bonchev–Trinajstić information content (AvgIpc) is 2.16. The number of hydrogen-bond acceptors (Lipinski definition) is 1. The maximum atomic E-state index is 13.0. The third-order valence-electron chi connectivity index (χ3n) is 3.69. The zero-order valence-electron chi connectivity index (χ0n) is 10.5. The quantitative estimate of drug-likeness (QED) is 0.764. The Balaban J connectivity index is 2.20. The van der Waals surface area contributed by atoms with Gasteiger partial charge in [0.25, 0.3) is 0 Å². The van der Waals surface area contributed by atoms with Gasteiger partial charge < -0.3 is 5.73 Å². The van der Waals surface area contributed by atoms with E-state index in [1.54, 1.807) is 0 Å². The Morgan fingerprint density at radius 2 is 1.75 bits per heavy atom. The summed E-state index contributed by atoms with van der Waals surface area (Å²) in [5, 5.41) is 0. The van der Waals surface area contributed by atoms with E-state index in [-0.39, 0.29) is 18.9 Å². The van der Waals surface area contributed by atoms with Crippen LogP contribution in [0.4, 0.5) is 8.78 Å².